The minimum atomic E-state index is -0.854. The van der Waals surface area contributed by atoms with Gasteiger partial charge in [0.25, 0.3) is 0 Å². The Labute approximate surface area is 373 Å². The maximum atomic E-state index is 12.4. The number of hydrogen-bond acceptors (Lipinski definition) is 5. The van der Waals surface area contributed by atoms with Crippen molar-refractivity contribution in [3.05, 3.63) is 36.5 Å². The van der Waals surface area contributed by atoms with Crippen LogP contribution in [0.25, 0.3) is 0 Å². The number of aliphatic hydroxyl groups is 2. The van der Waals surface area contributed by atoms with E-state index in [9.17, 15) is 19.8 Å². The number of amides is 1. The van der Waals surface area contributed by atoms with Gasteiger partial charge in [0.15, 0.2) is 0 Å². The summed E-state index contributed by atoms with van der Waals surface area (Å²) in [4.78, 5) is 24.4. The number of allylic oxidation sites excluding steroid dienone is 5. The summed E-state index contributed by atoms with van der Waals surface area (Å²) in [5.41, 5.74) is 0. The topological polar surface area (TPSA) is 95.9 Å². The lowest BCUT2D eigenvalue weighted by molar-refractivity contribution is -0.143. The van der Waals surface area contributed by atoms with Gasteiger partial charge in [0.1, 0.15) is 0 Å². The van der Waals surface area contributed by atoms with Gasteiger partial charge in [-0.3, -0.25) is 9.59 Å². The van der Waals surface area contributed by atoms with Crippen LogP contribution in [-0.4, -0.2) is 47.4 Å². The molecule has 2 atom stereocenters. The monoisotopic (exact) mass is 844 g/mol. The molecule has 0 aliphatic heterocycles. The first kappa shape index (κ1) is 58.1. The Morgan fingerprint density at radius 2 is 0.783 bits per heavy atom. The zero-order valence-electron chi connectivity index (χ0n) is 39.9. The second-order valence-corrected chi connectivity index (χ2v) is 17.8. The van der Waals surface area contributed by atoms with Crippen molar-refractivity contribution in [2.24, 2.45) is 0 Å². The van der Waals surface area contributed by atoms with Crippen LogP contribution in [-0.2, 0) is 14.3 Å². The molecule has 0 aromatic rings. The Kier molecular flexibility index (Phi) is 48.1. The molecular weight excluding hydrogens is 743 g/mol. The zero-order valence-corrected chi connectivity index (χ0v) is 39.9. The van der Waals surface area contributed by atoms with Gasteiger partial charge in [-0.05, 0) is 83.5 Å². The van der Waals surface area contributed by atoms with Crippen LogP contribution in [0.2, 0.25) is 0 Å². The molecule has 60 heavy (non-hydrogen) atoms. The SMILES string of the molecule is CCCCCCCC/C=C\CCCCCCCC(=O)OCCCCCCCCC/C=C\CCCCCCCC(=O)NC(CO)C(O)/C=C/CCCCCCCCCCCC. The maximum Gasteiger partial charge on any atom is 0.305 e. The molecule has 0 aliphatic rings. The highest BCUT2D eigenvalue weighted by atomic mass is 16.5. The van der Waals surface area contributed by atoms with Crippen LogP contribution in [0.5, 0.6) is 0 Å². The summed E-state index contributed by atoms with van der Waals surface area (Å²) in [6, 6.07) is -0.639. The fraction of sp³-hybridized carbons (Fsp3) is 0.852. The summed E-state index contributed by atoms with van der Waals surface area (Å²) < 4.78 is 5.46. The van der Waals surface area contributed by atoms with Gasteiger partial charge in [-0.15, -0.1) is 0 Å². The van der Waals surface area contributed by atoms with Gasteiger partial charge in [0.05, 0.1) is 25.4 Å². The van der Waals surface area contributed by atoms with Crippen molar-refractivity contribution in [3.63, 3.8) is 0 Å². The van der Waals surface area contributed by atoms with Gasteiger partial charge >= 0.3 is 5.97 Å². The first-order chi connectivity index (χ1) is 29.5. The van der Waals surface area contributed by atoms with Crippen molar-refractivity contribution in [1.82, 2.24) is 5.32 Å². The third kappa shape index (κ3) is 45.6. The van der Waals surface area contributed by atoms with Crippen LogP contribution in [0.4, 0.5) is 0 Å². The van der Waals surface area contributed by atoms with E-state index < -0.39 is 12.1 Å². The minimum absolute atomic E-state index is 0.0125. The van der Waals surface area contributed by atoms with E-state index in [1.807, 2.05) is 6.08 Å². The van der Waals surface area contributed by atoms with Crippen LogP contribution < -0.4 is 5.32 Å². The van der Waals surface area contributed by atoms with Crippen molar-refractivity contribution >= 4 is 11.9 Å². The lowest BCUT2D eigenvalue weighted by Crippen LogP contribution is -2.45. The van der Waals surface area contributed by atoms with Crippen molar-refractivity contribution in [2.45, 2.75) is 283 Å². The highest BCUT2D eigenvalue weighted by molar-refractivity contribution is 5.76. The van der Waals surface area contributed by atoms with Gasteiger partial charge < -0.3 is 20.3 Å². The van der Waals surface area contributed by atoms with E-state index in [-0.39, 0.29) is 18.5 Å². The lowest BCUT2D eigenvalue weighted by Gasteiger charge is -2.20. The van der Waals surface area contributed by atoms with Crippen LogP contribution in [0.3, 0.4) is 0 Å². The average molecular weight is 844 g/mol. The Hall–Kier alpha value is -1.92. The molecule has 0 fully saturated rings. The molecule has 0 saturated carbocycles. The molecule has 0 aliphatic carbocycles. The van der Waals surface area contributed by atoms with Gasteiger partial charge in [0, 0.05) is 12.8 Å². The molecule has 3 N–H and O–H groups in total. The molecule has 0 spiro atoms. The van der Waals surface area contributed by atoms with E-state index in [0.717, 1.165) is 64.2 Å². The molecule has 0 rings (SSSR count). The molecule has 0 aromatic heterocycles. The van der Waals surface area contributed by atoms with Crippen molar-refractivity contribution in [2.75, 3.05) is 13.2 Å². The van der Waals surface area contributed by atoms with Gasteiger partial charge in [-0.25, -0.2) is 0 Å². The minimum Gasteiger partial charge on any atom is -0.466 e. The number of nitrogens with one attached hydrogen (secondary N) is 1. The van der Waals surface area contributed by atoms with E-state index in [1.165, 1.54) is 180 Å². The number of unbranched alkanes of at least 4 members (excludes halogenated alkanes) is 33. The Morgan fingerprint density at radius 1 is 0.450 bits per heavy atom. The fourth-order valence-corrected chi connectivity index (χ4v) is 7.80. The zero-order chi connectivity index (χ0) is 43.7. The number of carbonyl (C=O) groups is 2. The summed E-state index contributed by atoms with van der Waals surface area (Å²) in [5, 5.41) is 23.0. The normalized spacial score (nSPS) is 12.9. The van der Waals surface area contributed by atoms with E-state index in [0.29, 0.717) is 19.4 Å². The molecule has 352 valence electrons. The maximum absolute atomic E-state index is 12.4. The molecule has 0 heterocycles. The Morgan fingerprint density at radius 3 is 1.18 bits per heavy atom. The average Bonchev–Trinajstić information content (AvgIpc) is 3.25. The molecule has 0 radical (unpaired) electrons. The largest absolute Gasteiger partial charge is 0.466 e. The van der Waals surface area contributed by atoms with Crippen LogP contribution in [0.15, 0.2) is 36.5 Å². The molecule has 1 amide bonds. The van der Waals surface area contributed by atoms with Crippen molar-refractivity contribution in [1.29, 1.82) is 0 Å². The lowest BCUT2D eigenvalue weighted by atomic mass is 10.1. The first-order valence-electron chi connectivity index (χ1n) is 26.3. The van der Waals surface area contributed by atoms with Gasteiger partial charge in [-0.1, -0.05) is 211 Å². The molecular formula is C54H101NO5. The molecule has 0 saturated heterocycles. The van der Waals surface area contributed by atoms with Crippen molar-refractivity contribution < 1.29 is 24.5 Å². The van der Waals surface area contributed by atoms with Gasteiger partial charge in [0.2, 0.25) is 5.91 Å². The number of hydrogen-bond donors (Lipinski definition) is 3. The predicted molar refractivity (Wildman–Crippen MR) is 259 cm³/mol. The standard InChI is InChI=1S/C54H101NO5/c1-3-5-7-9-11-13-15-17-20-24-28-32-36-40-44-48-54(59)60-49-45-41-37-33-29-25-22-19-18-21-23-27-31-35-39-43-47-53(58)55-51(50-56)52(57)46-42-38-34-30-26-16-14-12-10-8-6-4-2/h17-18,20-21,42,46,51-52,56-57H,3-16,19,22-41,43-45,47-50H2,1-2H3,(H,55,58)/b20-17-,21-18-,46-42+. The van der Waals surface area contributed by atoms with E-state index in [4.69, 9.17) is 4.74 Å². The smallest absolute Gasteiger partial charge is 0.305 e. The second kappa shape index (κ2) is 49.7. The number of rotatable bonds is 48. The van der Waals surface area contributed by atoms with E-state index in [1.54, 1.807) is 6.08 Å². The highest BCUT2D eigenvalue weighted by Crippen LogP contribution is 2.14. The second-order valence-electron chi connectivity index (χ2n) is 17.8. The number of esters is 1. The summed E-state index contributed by atoms with van der Waals surface area (Å²) in [6.45, 7) is 4.85. The molecule has 2 unspecified atom stereocenters. The number of carbonyl (C=O) groups excluding carboxylic acids is 2. The van der Waals surface area contributed by atoms with Gasteiger partial charge in [-0.2, -0.15) is 0 Å². The quantitative estimate of drug-likeness (QED) is 0.0322. The molecule has 6 heteroatoms. The summed E-state index contributed by atoms with van der Waals surface area (Å²) in [6.07, 6.45) is 60.0. The van der Waals surface area contributed by atoms with E-state index >= 15 is 0 Å². The number of ether oxygens (including phenoxy) is 1. The summed E-state index contributed by atoms with van der Waals surface area (Å²) in [7, 11) is 0. The number of aliphatic hydroxyl groups excluding tert-OH is 2. The Balaban J connectivity index is 3.49. The van der Waals surface area contributed by atoms with Crippen LogP contribution in [0.1, 0.15) is 271 Å². The molecule has 0 aromatic carbocycles. The third-order valence-corrected chi connectivity index (χ3v) is 11.9. The third-order valence-electron chi connectivity index (χ3n) is 11.9. The van der Waals surface area contributed by atoms with Crippen LogP contribution in [0, 0.1) is 0 Å². The molecule has 0 bridgehead atoms. The Bertz CT molecular complexity index is 977. The summed E-state index contributed by atoms with van der Waals surface area (Å²) in [5.74, 6) is -0.0993. The fourth-order valence-electron chi connectivity index (χ4n) is 7.80. The van der Waals surface area contributed by atoms with E-state index in [2.05, 4.69) is 43.5 Å². The first-order valence-corrected chi connectivity index (χ1v) is 26.3. The van der Waals surface area contributed by atoms with Crippen molar-refractivity contribution in [3.8, 4) is 0 Å². The van der Waals surface area contributed by atoms with Crippen LogP contribution >= 0.6 is 0 Å². The summed E-state index contributed by atoms with van der Waals surface area (Å²) >= 11 is 0. The predicted octanol–water partition coefficient (Wildman–Crippen LogP) is 15.7. The highest BCUT2D eigenvalue weighted by Gasteiger charge is 2.18. The molecule has 6 nitrogen and oxygen atoms in total.